The van der Waals surface area contributed by atoms with Crippen LogP contribution in [0.4, 0.5) is 0 Å². The lowest BCUT2D eigenvalue weighted by atomic mass is 10.1. The van der Waals surface area contributed by atoms with Crippen LogP contribution in [0.25, 0.3) is 0 Å². The fraction of sp³-hybridized carbons (Fsp3) is 0.800. The summed E-state index contributed by atoms with van der Waals surface area (Å²) in [6, 6.07) is 0. The predicted molar refractivity (Wildman–Crippen MR) is 49.2 cm³/mol. The molecule has 1 saturated heterocycles. The standard InChI is InChI=1S/C10H18O2/c1-4-5-6-9-10(11-3)7-8(2)12-9/h4,8-10H,1,5-7H2,2-3H3/t8-,9?,10+/m0/s1. The van der Waals surface area contributed by atoms with Gasteiger partial charge in [0.1, 0.15) is 0 Å². The van der Waals surface area contributed by atoms with Gasteiger partial charge in [0, 0.05) is 13.5 Å². The highest BCUT2D eigenvalue weighted by Gasteiger charge is 2.31. The summed E-state index contributed by atoms with van der Waals surface area (Å²) in [5.41, 5.74) is 0. The maximum Gasteiger partial charge on any atom is 0.0857 e. The van der Waals surface area contributed by atoms with Crippen molar-refractivity contribution in [3.05, 3.63) is 12.7 Å². The molecule has 70 valence electrons. The molecular formula is C10H18O2. The molecule has 0 aromatic carbocycles. The minimum atomic E-state index is 0.281. The van der Waals surface area contributed by atoms with E-state index in [2.05, 4.69) is 13.5 Å². The Morgan fingerprint density at radius 1 is 1.67 bits per heavy atom. The van der Waals surface area contributed by atoms with Crippen molar-refractivity contribution < 1.29 is 9.47 Å². The van der Waals surface area contributed by atoms with E-state index in [0.29, 0.717) is 12.2 Å². The summed E-state index contributed by atoms with van der Waals surface area (Å²) in [5, 5.41) is 0. The molecule has 0 spiro atoms. The van der Waals surface area contributed by atoms with E-state index in [1.54, 1.807) is 7.11 Å². The summed E-state index contributed by atoms with van der Waals surface area (Å²) in [5.74, 6) is 0. The molecule has 0 N–H and O–H groups in total. The van der Waals surface area contributed by atoms with Crippen LogP contribution in [-0.4, -0.2) is 25.4 Å². The van der Waals surface area contributed by atoms with Crippen LogP contribution in [-0.2, 0) is 9.47 Å². The van der Waals surface area contributed by atoms with Crippen LogP contribution < -0.4 is 0 Å². The van der Waals surface area contributed by atoms with Crippen LogP contribution in [0.1, 0.15) is 26.2 Å². The summed E-state index contributed by atoms with van der Waals surface area (Å²) >= 11 is 0. The normalized spacial score (nSPS) is 35.3. The van der Waals surface area contributed by atoms with Crippen molar-refractivity contribution >= 4 is 0 Å². The topological polar surface area (TPSA) is 18.5 Å². The Morgan fingerprint density at radius 3 is 3.00 bits per heavy atom. The largest absolute Gasteiger partial charge is 0.379 e. The maximum atomic E-state index is 5.69. The van der Waals surface area contributed by atoms with Gasteiger partial charge in [-0.1, -0.05) is 6.08 Å². The third kappa shape index (κ3) is 2.32. The Labute approximate surface area is 74.6 Å². The smallest absolute Gasteiger partial charge is 0.0857 e. The molecule has 0 radical (unpaired) electrons. The zero-order valence-electron chi connectivity index (χ0n) is 7.95. The first-order chi connectivity index (χ1) is 5.77. The maximum absolute atomic E-state index is 5.69. The van der Waals surface area contributed by atoms with Gasteiger partial charge in [-0.25, -0.2) is 0 Å². The molecule has 0 amide bonds. The van der Waals surface area contributed by atoms with Crippen molar-refractivity contribution in [1.29, 1.82) is 0 Å². The van der Waals surface area contributed by atoms with Gasteiger partial charge in [0.2, 0.25) is 0 Å². The Kier molecular flexibility index (Phi) is 3.76. The number of allylic oxidation sites excluding steroid dienone is 1. The summed E-state index contributed by atoms with van der Waals surface area (Å²) in [6.45, 7) is 5.79. The van der Waals surface area contributed by atoms with Crippen molar-refractivity contribution in [2.45, 2.75) is 44.5 Å². The van der Waals surface area contributed by atoms with E-state index in [0.717, 1.165) is 19.3 Å². The molecule has 0 aromatic heterocycles. The Bertz CT molecular complexity index is 145. The fourth-order valence-corrected chi connectivity index (χ4v) is 1.70. The van der Waals surface area contributed by atoms with Gasteiger partial charge < -0.3 is 9.47 Å². The second-order valence-electron chi connectivity index (χ2n) is 3.36. The van der Waals surface area contributed by atoms with Crippen molar-refractivity contribution in [1.82, 2.24) is 0 Å². The van der Waals surface area contributed by atoms with E-state index in [-0.39, 0.29) is 6.10 Å². The summed E-state index contributed by atoms with van der Waals surface area (Å²) in [7, 11) is 1.76. The molecule has 1 unspecified atom stereocenters. The van der Waals surface area contributed by atoms with Crippen molar-refractivity contribution in [3.63, 3.8) is 0 Å². The number of methoxy groups -OCH3 is 1. The van der Waals surface area contributed by atoms with E-state index in [9.17, 15) is 0 Å². The minimum Gasteiger partial charge on any atom is -0.379 e. The highest BCUT2D eigenvalue weighted by Crippen LogP contribution is 2.25. The molecule has 3 atom stereocenters. The molecule has 2 nitrogen and oxygen atoms in total. The summed E-state index contributed by atoms with van der Waals surface area (Å²) < 4.78 is 11.0. The van der Waals surface area contributed by atoms with Gasteiger partial charge in [-0.3, -0.25) is 0 Å². The molecule has 2 heteroatoms. The molecule has 1 aliphatic rings. The lowest BCUT2D eigenvalue weighted by molar-refractivity contribution is -0.00463. The minimum absolute atomic E-state index is 0.281. The summed E-state index contributed by atoms with van der Waals surface area (Å²) in [4.78, 5) is 0. The van der Waals surface area contributed by atoms with Crippen LogP contribution in [0.2, 0.25) is 0 Å². The van der Waals surface area contributed by atoms with E-state index >= 15 is 0 Å². The number of rotatable bonds is 4. The zero-order chi connectivity index (χ0) is 8.97. The third-order valence-electron chi connectivity index (χ3n) is 2.34. The SMILES string of the molecule is C=CCCC1O[C@@H](C)C[C@H]1OC. The monoisotopic (exact) mass is 170 g/mol. The van der Waals surface area contributed by atoms with E-state index in [4.69, 9.17) is 9.47 Å². The van der Waals surface area contributed by atoms with E-state index in [1.807, 2.05) is 6.08 Å². The van der Waals surface area contributed by atoms with Crippen LogP contribution in [0.5, 0.6) is 0 Å². The highest BCUT2D eigenvalue weighted by atomic mass is 16.6. The molecule has 12 heavy (non-hydrogen) atoms. The molecular weight excluding hydrogens is 152 g/mol. The predicted octanol–water partition coefficient (Wildman–Crippen LogP) is 2.15. The number of hydrogen-bond acceptors (Lipinski definition) is 2. The molecule has 1 aliphatic heterocycles. The van der Waals surface area contributed by atoms with E-state index < -0.39 is 0 Å². The van der Waals surface area contributed by atoms with Crippen LogP contribution in [0.15, 0.2) is 12.7 Å². The van der Waals surface area contributed by atoms with Crippen LogP contribution in [0.3, 0.4) is 0 Å². The van der Waals surface area contributed by atoms with E-state index in [1.165, 1.54) is 0 Å². The average molecular weight is 170 g/mol. The van der Waals surface area contributed by atoms with Gasteiger partial charge in [0.15, 0.2) is 0 Å². The van der Waals surface area contributed by atoms with Crippen LogP contribution >= 0.6 is 0 Å². The first-order valence-corrected chi connectivity index (χ1v) is 4.57. The molecule has 0 bridgehead atoms. The first kappa shape index (κ1) is 9.75. The molecule has 1 heterocycles. The Balaban J connectivity index is 2.35. The zero-order valence-corrected chi connectivity index (χ0v) is 7.95. The van der Waals surface area contributed by atoms with Gasteiger partial charge in [-0.2, -0.15) is 0 Å². The third-order valence-corrected chi connectivity index (χ3v) is 2.34. The summed E-state index contributed by atoms with van der Waals surface area (Å²) in [6.07, 6.45) is 5.92. The van der Waals surface area contributed by atoms with Crippen molar-refractivity contribution in [3.8, 4) is 0 Å². The molecule has 1 fully saturated rings. The lowest BCUT2D eigenvalue weighted by Gasteiger charge is -2.15. The molecule has 0 aliphatic carbocycles. The first-order valence-electron chi connectivity index (χ1n) is 4.57. The van der Waals surface area contributed by atoms with Gasteiger partial charge in [0.25, 0.3) is 0 Å². The number of hydrogen-bond donors (Lipinski definition) is 0. The Morgan fingerprint density at radius 2 is 2.42 bits per heavy atom. The molecule has 1 rings (SSSR count). The highest BCUT2D eigenvalue weighted by molar-refractivity contribution is 4.83. The quantitative estimate of drug-likeness (QED) is 0.602. The number of ether oxygens (including phenoxy) is 2. The van der Waals surface area contributed by atoms with Crippen molar-refractivity contribution in [2.75, 3.05) is 7.11 Å². The molecule has 0 saturated carbocycles. The second-order valence-corrected chi connectivity index (χ2v) is 3.36. The molecule has 0 aromatic rings. The van der Waals surface area contributed by atoms with Gasteiger partial charge >= 0.3 is 0 Å². The van der Waals surface area contributed by atoms with Gasteiger partial charge in [0.05, 0.1) is 18.3 Å². The van der Waals surface area contributed by atoms with Gasteiger partial charge in [-0.15, -0.1) is 6.58 Å². The second kappa shape index (κ2) is 4.63. The van der Waals surface area contributed by atoms with Crippen molar-refractivity contribution in [2.24, 2.45) is 0 Å². The Hall–Kier alpha value is -0.340. The van der Waals surface area contributed by atoms with Gasteiger partial charge in [-0.05, 0) is 19.8 Å². The fourth-order valence-electron chi connectivity index (χ4n) is 1.70. The average Bonchev–Trinajstić information content (AvgIpc) is 2.42. The van der Waals surface area contributed by atoms with Crippen LogP contribution in [0, 0.1) is 0 Å². The lowest BCUT2D eigenvalue weighted by Crippen LogP contribution is -2.22.